The van der Waals surface area contributed by atoms with Gasteiger partial charge in [0.25, 0.3) is 0 Å². The second-order valence-corrected chi connectivity index (χ2v) is 10.3. The molecule has 2 aliphatic rings. The van der Waals surface area contributed by atoms with E-state index in [0.717, 1.165) is 12.8 Å². The maximum atomic E-state index is 11.1. The molecule has 1 heterocycles. The lowest BCUT2D eigenvalue weighted by atomic mass is 9.70. The number of carboxylic acid groups (broad SMARTS) is 1. The molecule has 0 aromatic rings. The lowest BCUT2D eigenvalue weighted by Gasteiger charge is -2.37. The molecule has 0 aromatic heterocycles. The topological polar surface area (TPSA) is 76.0 Å². The monoisotopic (exact) mass is 408 g/mol. The summed E-state index contributed by atoms with van der Waals surface area (Å²) >= 11 is 0. The predicted octanol–water partition coefficient (Wildman–Crippen LogP) is 5.58. The molecule has 0 spiro atoms. The first kappa shape index (κ1) is 24.1. The van der Waals surface area contributed by atoms with Crippen LogP contribution in [0.3, 0.4) is 0 Å². The zero-order valence-electron chi connectivity index (χ0n) is 19.1. The number of aliphatic hydroxyl groups is 1. The molecule has 0 amide bonds. The highest BCUT2D eigenvalue weighted by Crippen LogP contribution is 2.43. The van der Waals surface area contributed by atoms with Gasteiger partial charge in [-0.3, -0.25) is 4.79 Å². The van der Waals surface area contributed by atoms with E-state index in [4.69, 9.17) is 14.9 Å². The maximum absolute atomic E-state index is 11.1. The normalized spacial score (nSPS) is 30.9. The van der Waals surface area contributed by atoms with Crippen molar-refractivity contribution in [2.75, 3.05) is 0 Å². The van der Waals surface area contributed by atoms with Crippen LogP contribution < -0.4 is 0 Å². The Kier molecular flexibility index (Phi) is 7.74. The smallest absolute Gasteiger partial charge is 0.308 e. The van der Waals surface area contributed by atoms with Crippen molar-refractivity contribution in [3.05, 3.63) is 23.3 Å². The summed E-state index contributed by atoms with van der Waals surface area (Å²) in [5.41, 5.74) is 1.86. The molecule has 0 radical (unpaired) electrons. The maximum Gasteiger partial charge on any atom is 0.308 e. The van der Waals surface area contributed by atoms with E-state index in [2.05, 4.69) is 20.8 Å². The van der Waals surface area contributed by atoms with Gasteiger partial charge in [0.1, 0.15) is 11.7 Å². The molecule has 29 heavy (non-hydrogen) atoms. The van der Waals surface area contributed by atoms with Crippen LogP contribution in [0.2, 0.25) is 0 Å². The summed E-state index contributed by atoms with van der Waals surface area (Å²) in [6, 6.07) is 0. The molecular weight excluding hydrogens is 368 g/mol. The first-order valence-electron chi connectivity index (χ1n) is 11.0. The van der Waals surface area contributed by atoms with Gasteiger partial charge < -0.3 is 10.2 Å². The van der Waals surface area contributed by atoms with Gasteiger partial charge in [-0.25, -0.2) is 9.78 Å². The number of hydrogen-bond donors (Lipinski definition) is 2. The van der Waals surface area contributed by atoms with Crippen LogP contribution in [-0.4, -0.2) is 33.5 Å². The van der Waals surface area contributed by atoms with Crippen LogP contribution in [-0.2, 0) is 14.6 Å². The van der Waals surface area contributed by atoms with Gasteiger partial charge in [0.05, 0.1) is 11.5 Å². The number of carbonyl (C=O) groups is 1. The van der Waals surface area contributed by atoms with Crippen LogP contribution in [0.25, 0.3) is 0 Å². The van der Waals surface area contributed by atoms with Gasteiger partial charge in [-0.2, -0.15) is 0 Å². The van der Waals surface area contributed by atoms with Crippen molar-refractivity contribution >= 4 is 5.97 Å². The van der Waals surface area contributed by atoms with Crippen LogP contribution in [0.1, 0.15) is 92.9 Å². The van der Waals surface area contributed by atoms with Crippen LogP contribution in [0.4, 0.5) is 0 Å². The first-order chi connectivity index (χ1) is 13.4. The molecule has 5 nitrogen and oxygen atoms in total. The standard InChI is InChI=1S/C24H40O5/c1-17-9-7-12-22(3,4)19(17)10-15-23(5,27)13-8-14-24(6)16-11-20(28-29-24)18(2)21(25)26/h8,13,18,20,27H,7,9-12,14-16H2,1-6H3,(H,25,26)/b13-8+/t18-,20-,23?,24+/m1/s1. The van der Waals surface area contributed by atoms with Crippen molar-refractivity contribution in [3.8, 4) is 0 Å². The molecule has 1 fully saturated rings. The Labute approximate surface area is 176 Å². The molecule has 0 saturated carbocycles. The van der Waals surface area contributed by atoms with E-state index in [1.54, 1.807) is 6.92 Å². The number of hydrogen-bond acceptors (Lipinski definition) is 4. The Morgan fingerprint density at radius 1 is 1.34 bits per heavy atom. The van der Waals surface area contributed by atoms with Gasteiger partial charge in [0.2, 0.25) is 0 Å². The van der Waals surface area contributed by atoms with E-state index >= 15 is 0 Å². The largest absolute Gasteiger partial charge is 0.481 e. The third-order valence-electron chi connectivity index (χ3n) is 6.87. The summed E-state index contributed by atoms with van der Waals surface area (Å²) < 4.78 is 0. The fourth-order valence-corrected chi connectivity index (χ4v) is 4.59. The van der Waals surface area contributed by atoms with Crippen molar-refractivity contribution in [2.45, 2.75) is 110 Å². The molecular formula is C24H40O5. The average molecular weight is 409 g/mol. The number of carboxylic acids is 1. The Bertz CT molecular complexity index is 636. The molecule has 1 unspecified atom stereocenters. The van der Waals surface area contributed by atoms with Crippen LogP contribution in [0.15, 0.2) is 23.3 Å². The highest BCUT2D eigenvalue weighted by molar-refractivity contribution is 5.70. The average Bonchev–Trinajstić information content (AvgIpc) is 2.60. The molecule has 0 aromatic carbocycles. The van der Waals surface area contributed by atoms with E-state index in [1.165, 1.54) is 30.4 Å². The highest BCUT2D eigenvalue weighted by atomic mass is 17.2. The van der Waals surface area contributed by atoms with E-state index in [0.29, 0.717) is 19.3 Å². The molecule has 0 bridgehead atoms. The number of aliphatic carboxylic acids is 1. The van der Waals surface area contributed by atoms with E-state index in [1.807, 2.05) is 26.0 Å². The molecule has 1 saturated heterocycles. The zero-order valence-corrected chi connectivity index (χ0v) is 19.1. The quantitative estimate of drug-likeness (QED) is 0.405. The third-order valence-corrected chi connectivity index (χ3v) is 6.87. The van der Waals surface area contributed by atoms with Crippen molar-refractivity contribution in [3.63, 3.8) is 0 Å². The molecule has 1 aliphatic carbocycles. The van der Waals surface area contributed by atoms with Crippen LogP contribution in [0.5, 0.6) is 0 Å². The Balaban J connectivity index is 1.86. The van der Waals surface area contributed by atoms with Crippen molar-refractivity contribution in [1.29, 1.82) is 0 Å². The van der Waals surface area contributed by atoms with Gasteiger partial charge in [0.15, 0.2) is 0 Å². The summed E-state index contributed by atoms with van der Waals surface area (Å²) in [4.78, 5) is 22.0. The van der Waals surface area contributed by atoms with E-state index in [9.17, 15) is 9.90 Å². The Hall–Kier alpha value is -1.17. The summed E-state index contributed by atoms with van der Waals surface area (Å²) in [5, 5.41) is 20.0. The molecule has 1 aliphatic heterocycles. The summed E-state index contributed by atoms with van der Waals surface area (Å²) in [6.07, 6.45) is 10.7. The van der Waals surface area contributed by atoms with Gasteiger partial charge in [-0.15, -0.1) is 0 Å². The second kappa shape index (κ2) is 9.32. The summed E-state index contributed by atoms with van der Waals surface area (Å²) in [7, 11) is 0. The molecule has 2 rings (SSSR count). The van der Waals surface area contributed by atoms with Crippen molar-refractivity contribution in [2.24, 2.45) is 11.3 Å². The SMILES string of the molecule is CC1=C(CCC(C)(O)/C=C/C[C@@]2(C)CC[C@H]([C@@H](C)C(=O)O)OO2)C(C)(C)CCC1. The Morgan fingerprint density at radius 2 is 2.03 bits per heavy atom. The van der Waals surface area contributed by atoms with Crippen molar-refractivity contribution < 1.29 is 24.8 Å². The second-order valence-electron chi connectivity index (χ2n) is 10.3. The fourth-order valence-electron chi connectivity index (χ4n) is 4.59. The van der Waals surface area contributed by atoms with Gasteiger partial charge in [0, 0.05) is 0 Å². The van der Waals surface area contributed by atoms with Crippen molar-refractivity contribution in [1.82, 2.24) is 0 Å². The van der Waals surface area contributed by atoms with Crippen LogP contribution >= 0.6 is 0 Å². The van der Waals surface area contributed by atoms with Gasteiger partial charge in [-0.05, 0) is 84.5 Å². The Morgan fingerprint density at radius 3 is 2.59 bits per heavy atom. The van der Waals surface area contributed by atoms with Crippen LogP contribution in [0, 0.1) is 11.3 Å². The predicted molar refractivity (Wildman–Crippen MR) is 114 cm³/mol. The fraction of sp³-hybridized carbons (Fsp3) is 0.792. The number of allylic oxidation sites excluding steroid dienone is 2. The molecule has 4 atom stereocenters. The van der Waals surface area contributed by atoms with Gasteiger partial charge in [-0.1, -0.05) is 37.1 Å². The first-order valence-corrected chi connectivity index (χ1v) is 11.0. The third kappa shape index (κ3) is 6.66. The minimum Gasteiger partial charge on any atom is -0.481 e. The lowest BCUT2D eigenvalue weighted by Crippen LogP contribution is -2.41. The van der Waals surface area contributed by atoms with Gasteiger partial charge >= 0.3 is 5.97 Å². The summed E-state index contributed by atoms with van der Waals surface area (Å²) in [5.74, 6) is -1.46. The van der Waals surface area contributed by atoms with E-state index < -0.39 is 29.2 Å². The lowest BCUT2D eigenvalue weighted by molar-refractivity contribution is -0.409. The molecule has 2 N–H and O–H groups in total. The minimum atomic E-state index is -0.871. The molecule has 5 heteroatoms. The summed E-state index contributed by atoms with van der Waals surface area (Å²) in [6.45, 7) is 12.3. The highest BCUT2D eigenvalue weighted by Gasteiger charge is 2.37. The number of rotatable bonds is 8. The van der Waals surface area contributed by atoms with E-state index in [-0.39, 0.29) is 5.41 Å². The minimum absolute atomic E-state index is 0.229. The molecule has 166 valence electrons. The zero-order chi connectivity index (χ0) is 21.9.